The number of piperidine rings is 1. The number of pyridine rings is 1. The number of rotatable bonds is 3. The van der Waals surface area contributed by atoms with Crippen molar-refractivity contribution in [3.8, 4) is 0 Å². The molecule has 0 N–H and O–H groups in total. The van der Waals surface area contributed by atoms with Gasteiger partial charge in [-0.05, 0) is 30.5 Å². The van der Waals surface area contributed by atoms with Crippen molar-refractivity contribution < 1.29 is 0 Å². The van der Waals surface area contributed by atoms with Gasteiger partial charge in [-0.25, -0.2) is 15.0 Å². The van der Waals surface area contributed by atoms with Gasteiger partial charge in [0.2, 0.25) is 5.95 Å². The molecule has 154 valence electrons. The van der Waals surface area contributed by atoms with Crippen molar-refractivity contribution in [2.24, 2.45) is 7.05 Å². The molecule has 1 saturated heterocycles. The third-order valence-corrected chi connectivity index (χ3v) is 6.52. The molecule has 0 amide bonds. The summed E-state index contributed by atoms with van der Waals surface area (Å²) in [5.41, 5.74) is 5.01. The molecule has 5 aromatic rings. The molecular formula is C24H23N7. The Bertz CT molecular complexity index is 1330. The van der Waals surface area contributed by atoms with E-state index in [1.807, 2.05) is 29.9 Å². The van der Waals surface area contributed by atoms with Gasteiger partial charge in [-0.3, -0.25) is 0 Å². The molecule has 7 heteroatoms. The lowest BCUT2D eigenvalue weighted by molar-refractivity contribution is 0.382. The van der Waals surface area contributed by atoms with E-state index in [2.05, 4.69) is 68.1 Å². The summed E-state index contributed by atoms with van der Waals surface area (Å²) in [6, 6.07) is 16.9. The minimum absolute atomic E-state index is 0.125. The molecule has 6 rings (SSSR count). The molecule has 0 bridgehead atoms. The number of fused-ring (bicyclic) bond motifs is 2. The number of nitrogens with zero attached hydrogens (tertiary/aromatic N) is 7. The Morgan fingerprint density at radius 3 is 2.52 bits per heavy atom. The van der Waals surface area contributed by atoms with Gasteiger partial charge >= 0.3 is 0 Å². The molecule has 0 atom stereocenters. The second-order valence-corrected chi connectivity index (χ2v) is 8.26. The molecule has 1 aliphatic heterocycles. The highest BCUT2D eigenvalue weighted by Gasteiger charge is 2.40. The predicted molar refractivity (Wildman–Crippen MR) is 120 cm³/mol. The van der Waals surface area contributed by atoms with E-state index in [0.29, 0.717) is 0 Å². The molecule has 0 saturated carbocycles. The second-order valence-electron chi connectivity index (χ2n) is 8.26. The highest BCUT2D eigenvalue weighted by molar-refractivity contribution is 5.70. The van der Waals surface area contributed by atoms with Crippen LogP contribution in [-0.2, 0) is 12.5 Å². The molecule has 4 aromatic heterocycles. The fourth-order valence-electron chi connectivity index (χ4n) is 4.77. The molecular weight excluding hydrogens is 386 g/mol. The molecule has 1 fully saturated rings. The van der Waals surface area contributed by atoms with E-state index < -0.39 is 0 Å². The normalized spacial score (nSPS) is 16.2. The van der Waals surface area contributed by atoms with Crippen molar-refractivity contribution in [2.75, 3.05) is 18.0 Å². The smallest absolute Gasteiger partial charge is 0.227 e. The summed E-state index contributed by atoms with van der Waals surface area (Å²) in [6.07, 6.45) is 9.76. The third-order valence-electron chi connectivity index (χ3n) is 6.52. The maximum atomic E-state index is 5.03. The number of aryl methyl sites for hydroxylation is 1. The Kier molecular flexibility index (Phi) is 4.02. The van der Waals surface area contributed by atoms with E-state index in [-0.39, 0.29) is 5.41 Å². The average Bonchev–Trinajstić information content (AvgIpc) is 3.43. The van der Waals surface area contributed by atoms with E-state index in [0.717, 1.165) is 54.4 Å². The van der Waals surface area contributed by atoms with Crippen LogP contribution in [0.4, 0.5) is 5.95 Å². The SMILES string of the molecule is Cn1cnc2cnc(N3CCC(c4ccccc4)(c4cn5ccccc5n4)CC3)nc21. The molecule has 5 heterocycles. The Morgan fingerprint density at radius 1 is 0.903 bits per heavy atom. The first-order chi connectivity index (χ1) is 15.2. The molecule has 7 nitrogen and oxygen atoms in total. The van der Waals surface area contributed by atoms with Gasteiger partial charge < -0.3 is 13.9 Å². The largest absolute Gasteiger partial charge is 0.341 e. The van der Waals surface area contributed by atoms with E-state index in [9.17, 15) is 0 Å². The van der Waals surface area contributed by atoms with Gasteiger partial charge in [-0.2, -0.15) is 4.98 Å². The molecule has 0 unspecified atom stereocenters. The molecule has 0 aliphatic carbocycles. The Hall–Kier alpha value is -3.74. The minimum atomic E-state index is -0.125. The number of hydrogen-bond donors (Lipinski definition) is 0. The maximum Gasteiger partial charge on any atom is 0.227 e. The quantitative estimate of drug-likeness (QED) is 0.456. The standard InChI is InChI=1S/C24H23N7/c1-29-17-26-19-15-25-23(28-22(19)29)30-13-10-24(11-14-30,18-7-3-2-4-8-18)20-16-31-12-6-5-9-21(31)27-20/h2-9,12,15-17H,10-11,13-14H2,1H3. The number of hydrogen-bond acceptors (Lipinski definition) is 5. The number of benzene rings is 1. The van der Waals surface area contributed by atoms with Crippen LogP contribution in [0.25, 0.3) is 16.8 Å². The van der Waals surface area contributed by atoms with Crippen molar-refractivity contribution in [3.05, 3.63) is 84.7 Å². The predicted octanol–water partition coefficient (Wildman–Crippen LogP) is 3.60. The highest BCUT2D eigenvalue weighted by atomic mass is 15.3. The molecule has 0 spiro atoms. The van der Waals surface area contributed by atoms with Gasteiger partial charge in [0, 0.05) is 37.9 Å². The van der Waals surface area contributed by atoms with Crippen molar-refractivity contribution in [1.82, 2.24) is 28.9 Å². The van der Waals surface area contributed by atoms with E-state index in [4.69, 9.17) is 9.97 Å². The summed E-state index contributed by atoms with van der Waals surface area (Å²) in [4.78, 5) is 21.0. The Balaban J connectivity index is 1.37. The number of imidazole rings is 2. The zero-order valence-corrected chi connectivity index (χ0v) is 17.4. The first kappa shape index (κ1) is 18.1. The van der Waals surface area contributed by atoms with Crippen LogP contribution >= 0.6 is 0 Å². The van der Waals surface area contributed by atoms with Gasteiger partial charge in [0.05, 0.1) is 18.2 Å². The summed E-state index contributed by atoms with van der Waals surface area (Å²) >= 11 is 0. The van der Waals surface area contributed by atoms with Crippen LogP contribution in [0.2, 0.25) is 0 Å². The lowest BCUT2D eigenvalue weighted by Gasteiger charge is -2.41. The van der Waals surface area contributed by atoms with Gasteiger partial charge in [0.1, 0.15) is 11.2 Å². The molecule has 0 radical (unpaired) electrons. The lowest BCUT2D eigenvalue weighted by atomic mass is 9.70. The zero-order chi connectivity index (χ0) is 20.8. The van der Waals surface area contributed by atoms with Crippen LogP contribution in [-0.4, -0.2) is 42.0 Å². The second kappa shape index (κ2) is 6.91. The van der Waals surface area contributed by atoms with E-state index in [1.165, 1.54) is 5.56 Å². The Labute approximate surface area is 180 Å². The third kappa shape index (κ3) is 2.88. The lowest BCUT2D eigenvalue weighted by Crippen LogP contribution is -2.44. The molecule has 1 aromatic carbocycles. The fraction of sp³-hybridized carbons (Fsp3) is 0.250. The van der Waals surface area contributed by atoms with Crippen molar-refractivity contribution >= 4 is 22.8 Å². The van der Waals surface area contributed by atoms with Crippen LogP contribution in [0.1, 0.15) is 24.1 Å². The summed E-state index contributed by atoms with van der Waals surface area (Å²) in [5.74, 6) is 0.771. The van der Waals surface area contributed by atoms with Crippen molar-refractivity contribution in [1.29, 1.82) is 0 Å². The highest BCUT2D eigenvalue weighted by Crippen LogP contribution is 2.41. The van der Waals surface area contributed by atoms with Crippen molar-refractivity contribution in [2.45, 2.75) is 18.3 Å². The van der Waals surface area contributed by atoms with Crippen LogP contribution in [0, 0.1) is 0 Å². The number of aromatic nitrogens is 6. The van der Waals surface area contributed by atoms with Crippen LogP contribution in [0.15, 0.2) is 73.4 Å². The first-order valence-corrected chi connectivity index (χ1v) is 10.6. The van der Waals surface area contributed by atoms with Gasteiger partial charge in [0.25, 0.3) is 0 Å². The summed E-state index contributed by atoms with van der Waals surface area (Å²) in [7, 11) is 1.96. The van der Waals surface area contributed by atoms with E-state index in [1.54, 1.807) is 6.33 Å². The Morgan fingerprint density at radius 2 is 1.71 bits per heavy atom. The van der Waals surface area contributed by atoms with Crippen LogP contribution in [0.3, 0.4) is 0 Å². The van der Waals surface area contributed by atoms with Gasteiger partial charge in [-0.15, -0.1) is 0 Å². The van der Waals surface area contributed by atoms with Crippen molar-refractivity contribution in [3.63, 3.8) is 0 Å². The fourth-order valence-corrected chi connectivity index (χ4v) is 4.77. The van der Waals surface area contributed by atoms with Crippen LogP contribution in [0.5, 0.6) is 0 Å². The average molecular weight is 409 g/mol. The van der Waals surface area contributed by atoms with Gasteiger partial charge in [-0.1, -0.05) is 36.4 Å². The van der Waals surface area contributed by atoms with Crippen LogP contribution < -0.4 is 4.90 Å². The summed E-state index contributed by atoms with van der Waals surface area (Å²) in [6.45, 7) is 1.73. The molecule has 1 aliphatic rings. The number of anilines is 1. The van der Waals surface area contributed by atoms with E-state index >= 15 is 0 Å². The summed E-state index contributed by atoms with van der Waals surface area (Å²) in [5, 5.41) is 0. The minimum Gasteiger partial charge on any atom is -0.341 e. The zero-order valence-electron chi connectivity index (χ0n) is 17.4. The monoisotopic (exact) mass is 409 g/mol. The molecule has 31 heavy (non-hydrogen) atoms. The maximum absolute atomic E-state index is 5.03. The van der Waals surface area contributed by atoms with Gasteiger partial charge in [0.15, 0.2) is 5.65 Å². The topological polar surface area (TPSA) is 64.1 Å². The first-order valence-electron chi connectivity index (χ1n) is 10.6. The summed E-state index contributed by atoms with van der Waals surface area (Å²) < 4.78 is 4.06.